The van der Waals surface area contributed by atoms with Gasteiger partial charge < -0.3 is 0 Å². The summed E-state index contributed by atoms with van der Waals surface area (Å²) in [7, 11) is 0. The first-order valence-corrected chi connectivity index (χ1v) is 6.52. The van der Waals surface area contributed by atoms with Crippen LogP contribution in [-0.4, -0.2) is 0 Å². The van der Waals surface area contributed by atoms with Crippen molar-refractivity contribution in [2.75, 3.05) is 0 Å². The zero-order valence-corrected chi connectivity index (χ0v) is 11.7. The molecule has 0 aliphatic rings. The Morgan fingerprint density at radius 3 is 2.44 bits per heavy atom. The minimum atomic E-state index is -0.151. The minimum absolute atomic E-state index is 0.151. The summed E-state index contributed by atoms with van der Waals surface area (Å²) < 4.78 is 13.5. The molecule has 0 N–H and O–H groups in total. The summed E-state index contributed by atoms with van der Waals surface area (Å²) in [5.74, 6) is 0.404. The van der Waals surface area contributed by atoms with Crippen molar-refractivity contribution in [2.24, 2.45) is 5.92 Å². The van der Waals surface area contributed by atoms with E-state index in [1.807, 2.05) is 12.1 Å². The molecule has 1 heteroatoms. The van der Waals surface area contributed by atoms with Gasteiger partial charge in [0.1, 0.15) is 5.82 Å². The van der Waals surface area contributed by atoms with Gasteiger partial charge in [-0.2, -0.15) is 0 Å². The lowest BCUT2D eigenvalue weighted by Crippen LogP contribution is -2.01. The van der Waals surface area contributed by atoms with Gasteiger partial charge in [-0.25, -0.2) is 4.39 Å². The lowest BCUT2D eigenvalue weighted by molar-refractivity contribution is 0.519. The molecule has 0 amide bonds. The molecule has 1 rings (SSSR count). The highest BCUT2D eigenvalue weighted by atomic mass is 19.1. The number of aryl methyl sites for hydroxylation is 1. The second-order valence-corrected chi connectivity index (χ2v) is 5.21. The number of allylic oxidation sites excluding steroid dienone is 2. The topological polar surface area (TPSA) is 0 Å². The van der Waals surface area contributed by atoms with E-state index >= 15 is 0 Å². The minimum Gasteiger partial charge on any atom is -0.207 e. The SMILES string of the molecule is C=C(C)CC(CC)CC(=C)c1ccc(C)c(F)c1. The molecular formula is C17H23F. The predicted octanol–water partition coefficient (Wildman–Crippen LogP) is 5.53. The molecule has 0 saturated heterocycles. The molecule has 0 nitrogen and oxygen atoms in total. The molecule has 0 aliphatic heterocycles. The van der Waals surface area contributed by atoms with Crippen LogP contribution in [0.2, 0.25) is 0 Å². The smallest absolute Gasteiger partial charge is 0.126 e. The van der Waals surface area contributed by atoms with E-state index in [-0.39, 0.29) is 5.82 Å². The van der Waals surface area contributed by atoms with Gasteiger partial charge in [0.25, 0.3) is 0 Å². The van der Waals surface area contributed by atoms with E-state index < -0.39 is 0 Å². The number of hydrogen-bond acceptors (Lipinski definition) is 0. The number of rotatable bonds is 6. The molecule has 0 saturated carbocycles. The van der Waals surface area contributed by atoms with Gasteiger partial charge >= 0.3 is 0 Å². The molecule has 0 fully saturated rings. The zero-order valence-electron chi connectivity index (χ0n) is 11.7. The molecule has 0 aliphatic carbocycles. The molecule has 1 unspecified atom stereocenters. The van der Waals surface area contributed by atoms with Crippen molar-refractivity contribution in [3.05, 3.63) is 53.9 Å². The maximum Gasteiger partial charge on any atom is 0.126 e. The standard InChI is InChI=1S/C17H23F/c1-6-15(9-12(2)3)10-14(5)16-8-7-13(4)17(18)11-16/h7-8,11,15H,2,5-6,9-10H2,1,3-4H3. The Bertz CT molecular complexity index is 443. The summed E-state index contributed by atoms with van der Waals surface area (Å²) >= 11 is 0. The summed E-state index contributed by atoms with van der Waals surface area (Å²) in [5.41, 5.74) is 3.81. The van der Waals surface area contributed by atoms with Gasteiger partial charge in [0.05, 0.1) is 0 Å². The molecule has 0 heterocycles. The molecule has 98 valence electrons. The average molecular weight is 246 g/mol. The molecule has 1 atom stereocenters. The quantitative estimate of drug-likeness (QED) is 0.579. The molecule has 0 spiro atoms. The molecule has 1 aromatic carbocycles. The Balaban J connectivity index is 2.74. The van der Waals surface area contributed by atoms with Crippen molar-refractivity contribution < 1.29 is 4.39 Å². The van der Waals surface area contributed by atoms with E-state index in [1.165, 1.54) is 5.57 Å². The second-order valence-electron chi connectivity index (χ2n) is 5.21. The molecule has 0 radical (unpaired) electrons. The molecule has 0 aromatic heterocycles. The van der Waals surface area contributed by atoms with E-state index in [4.69, 9.17) is 0 Å². The Kier molecular flexibility index (Phi) is 5.33. The van der Waals surface area contributed by atoms with Gasteiger partial charge in [0, 0.05) is 0 Å². The van der Waals surface area contributed by atoms with Crippen molar-refractivity contribution in [1.29, 1.82) is 0 Å². The largest absolute Gasteiger partial charge is 0.207 e. The van der Waals surface area contributed by atoms with Gasteiger partial charge in [-0.3, -0.25) is 0 Å². The fourth-order valence-electron chi connectivity index (χ4n) is 2.13. The maximum atomic E-state index is 13.5. The second kappa shape index (κ2) is 6.53. The van der Waals surface area contributed by atoms with Crippen molar-refractivity contribution in [2.45, 2.75) is 40.0 Å². The van der Waals surface area contributed by atoms with E-state index in [0.29, 0.717) is 11.5 Å². The van der Waals surface area contributed by atoms with Crippen LogP contribution in [0.15, 0.2) is 36.9 Å². The highest BCUT2D eigenvalue weighted by Crippen LogP contribution is 2.27. The van der Waals surface area contributed by atoms with Crippen molar-refractivity contribution in [3.63, 3.8) is 0 Å². The fourth-order valence-corrected chi connectivity index (χ4v) is 2.13. The third-order valence-corrected chi connectivity index (χ3v) is 3.33. The maximum absolute atomic E-state index is 13.5. The van der Waals surface area contributed by atoms with Crippen LogP contribution in [-0.2, 0) is 0 Å². The summed E-state index contributed by atoms with van der Waals surface area (Å²) in [4.78, 5) is 0. The van der Waals surface area contributed by atoms with Crippen molar-refractivity contribution in [1.82, 2.24) is 0 Å². The molecular weight excluding hydrogens is 223 g/mol. The van der Waals surface area contributed by atoms with Crippen LogP contribution in [0.1, 0.15) is 44.2 Å². The summed E-state index contributed by atoms with van der Waals surface area (Å²) in [6.07, 6.45) is 3.02. The van der Waals surface area contributed by atoms with Gasteiger partial charge in [-0.05, 0) is 55.4 Å². The summed E-state index contributed by atoms with van der Waals surface area (Å²) in [6, 6.07) is 5.36. The Morgan fingerprint density at radius 1 is 1.28 bits per heavy atom. The monoisotopic (exact) mass is 246 g/mol. The highest BCUT2D eigenvalue weighted by Gasteiger charge is 2.10. The highest BCUT2D eigenvalue weighted by molar-refractivity contribution is 5.63. The Morgan fingerprint density at radius 2 is 1.94 bits per heavy atom. The van der Waals surface area contributed by atoms with Gasteiger partial charge in [0.2, 0.25) is 0 Å². The van der Waals surface area contributed by atoms with Crippen LogP contribution < -0.4 is 0 Å². The molecule has 0 bridgehead atoms. The van der Waals surface area contributed by atoms with E-state index in [0.717, 1.165) is 30.4 Å². The van der Waals surface area contributed by atoms with Gasteiger partial charge in [-0.15, -0.1) is 6.58 Å². The molecule has 1 aromatic rings. The van der Waals surface area contributed by atoms with Crippen LogP contribution in [0.3, 0.4) is 0 Å². The van der Waals surface area contributed by atoms with Crippen LogP contribution in [0.4, 0.5) is 4.39 Å². The van der Waals surface area contributed by atoms with Crippen LogP contribution in [0, 0.1) is 18.7 Å². The van der Waals surface area contributed by atoms with Gasteiger partial charge in [-0.1, -0.05) is 37.6 Å². The normalized spacial score (nSPS) is 12.2. The van der Waals surface area contributed by atoms with Crippen molar-refractivity contribution >= 4 is 5.57 Å². The van der Waals surface area contributed by atoms with E-state index in [2.05, 4.69) is 27.0 Å². The Hall–Kier alpha value is -1.37. The third kappa shape index (κ3) is 4.14. The van der Waals surface area contributed by atoms with Crippen LogP contribution in [0.5, 0.6) is 0 Å². The van der Waals surface area contributed by atoms with E-state index in [1.54, 1.807) is 13.0 Å². The first kappa shape index (κ1) is 14.7. The fraction of sp³-hybridized carbons (Fsp3) is 0.412. The first-order chi connectivity index (χ1) is 8.43. The first-order valence-electron chi connectivity index (χ1n) is 6.52. The summed E-state index contributed by atoms with van der Waals surface area (Å²) in [6.45, 7) is 14.1. The molecule has 18 heavy (non-hydrogen) atoms. The van der Waals surface area contributed by atoms with Crippen molar-refractivity contribution in [3.8, 4) is 0 Å². The average Bonchev–Trinajstić information content (AvgIpc) is 2.31. The lowest BCUT2D eigenvalue weighted by Gasteiger charge is -2.17. The number of halogens is 1. The number of hydrogen-bond donors (Lipinski definition) is 0. The van der Waals surface area contributed by atoms with Crippen LogP contribution in [0.25, 0.3) is 5.57 Å². The van der Waals surface area contributed by atoms with Gasteiger partial charge in [0.15, 0.2) is 0 Å². The zero-order chi connectivity index (χ0) is 13.7. The third-order valence-electron chi connectivity index (χ3n) is 3.33. The lowest BCUT2D eigenvalue weighted by atomic mass is 9.89. The number of benzene rings is 1. The van der Waals surface area contributed by atoms with Crippen LogP contribution >= 0.6 is 0 Å². The predicted molar refractivity (Wildman–Crippen MR) is 78.0 cm³/mol. The summed E-state index contributed by atoms with van der Waals surface area (Å²) in [5, 5.41) is 0. The van der Waals surface area contributed by atoms with E-state index in [9.17, 15) is 4.39 Å². The Labute approximate surface area is 110 Å².